The van der Waals surface area contributed by atoms with E-state index >= 15 is 0 Å². The topological polar surface area (TPSA) is 77.8 Å². The van der Waals surface area contributed by atoms with Crippen LogP contribution in [0.15, 0.2) is 6.20 Å². The maximum Gasteiger partial charge on any atom is 0.396 e. The first-order valence-electron chi connectivity index (χ1n) is 3.32. The van der Waals surface area contributed by atoms with E-state index in [1.54, 1.807) is 0 Å². The van der Waals surface area contributed by atoms with Crippen molar-refractivity contribution < 1.29 is 13.2 Å². The fraction of sp³-hybridized carbons (Fsp3) is 0.333. The molecular formula is C6H7F3N4. The molecule has 1 heterocycles. The quantitative estimate of drug-likeness (QED) is 0.688. The summed E-state index contributed by atoms with van der Waals surface area (Å²) in [5.74, 6) is -0.506. The van der Waals surface area contributed by atoms with Crippen molar-refractivity contribution in [3.05, 3.63) is 12.0 Å². The zero-order valence-corrected chi connectivity index (χ0v) is 6.47. The lowest BCUT2D eigenvalue weighted by atomic mass is 10.4. The Balaban J connectivity index is 2.86. The molecule has 0 radical (unpaired) electrons. The van der Waals surface area contributed by atoms with Gasteiger partial charge in [0.05, 0.1) is 11.9 Å². The third-order valence-electron chi connectivity index (χ3n) is 1.26. The molecule has 4 nitrogen and oxygen atoms in total. The molecule has 0 amide bonds. The minimum Gasteiger partial charge on any atom is -0.394 e. The zero-order chi connectivity index (χ0) is 10.1. The van der Waals surface area contributed by atoms with Crippen molar-refractivity contribution in [3.63, 3.8) is 0 Å². The fourth-order valence-corrected chi connectivity index (χ4v) is 0.707. The Morgan fingerprint density at radius 3 is 2.38 bits per heavy atom. The lowest BCUT2D eigenvalue weighted by Crippen LogP contribution is -2.15. The highest BCUT2D eigenvalue weighted by Crippen LogP contribution is 2.20. The number of halogens is 3. The maximum absolute atomic E-state index is 11.8. The predicted molar refractivity (Wildman–Crippen MR) is 40.6 cm³/mol. The predicted octanol–water partition coefficient (Wildman–Crippen LogP) is 0.746. The van der Waals surface area contributed by atoms with Crippen molar-refractivity contribution in [2.75, 3.05) is 11.5 Å². The smallest absolute Gasteiger partial charge is 0.394 e. The SMILES string of the molecule is Nc1cnc(CC(F)(F)F)nc1N. The lowest BCUT2D eigenvalue weighted by molar-refractivity contribution is -0.128. The molecule has 0 saturated carbocycles. The van der Waals surface area contributed by atoms with Crippen molar-refractivity contribution >= 4 is 11.5 Å². The average molecular weight is 192 g/mol. The number of nitrogens with two attached hydrogens (primary N) is 2. The Hall–Kier alpha value is -1.53. The molecule has 1 aromatic heterocycles. The Morgan fingerprint density at radius 1 is 1.31 bits per heavy atom. The summed E-state index contributed by atoms with van der Waals surface area (Å²) in [6.45, 7) is 0. The van der Waals surface area contributed by atoms with Crippen LogP contribution < -0.4 is 11.5 Å². The van der Waals surface area contributed by atoms with Crippen LogP contribution in [0.25, 0.3) is 0 Å². The summed E-state index contributed by atoms with van der Waals surface area (Å²) in [4.78, 5) is 6.77. The average Bonchev–Trinajstić information content (AvgIpc) is 1.94. The van der Waals surface area contributed by atoms with Gasteiger partial charge in [-0.25, -0.2) is 9.97 Å². The van der Waals surface area contributed by atoms with Gasteiger partial charge in [-0.1, -0.05) is 0 Å². The first-order chi connectivity index (χ1) is 5.88. The maximum atomic E-state index is 11.8. The van der Waals surface area contributed by atoms with Gasteiger partial charge in [-0.05, 0) is 0 Å². The lowest BCUT2D eigenvalue weighted by Gasteiger charge is -2.05. The number of hydrogen-bond donors (Lipinski definition) is 2. The molecule has 0 aliphatic heterocycles. The molecule has 1 aromatic rings. The molecule has 1 rings (SSSR count). The van der Waals surface area contributed by atoms with Crippen molar-refractivity contribution in [1.82, 2.24) is 9.97 Å². The highest BCUT2D eigenvalue weighted by atomic mass is 19.4. The van der Waals surface area contributed by atoms with E-state index < -0.39 is 12.6 Å². The Bertz CT molecular complexity index is 309. The monoisotopic (exact) mass is 192 g/mol. The third-order valence-corrected chi connectivity index (χ3v) is 1.26. The zero-order valence-electron chi connectivity index (χ0n) is 6.47. The number of hydrogen-bond acceptors (Lipinski definition) is 4. The van der Waals surface area contributed by atoms with Crippen molar-refractivity contribution in [3.8, 4) is 0 Å². The summed E-state index contributed by atoms with van der Waals surface area (Å²) in [6.07, 6.45) is -4.47. The first kappa shape index (κ1) is 9.56. The van der Waals surface area contributed by atoms with Crippen molar-refractivity contribution in [1.29, 1.82) is 0 Å². The van der Waals surface area contributed by atoms with Crippen LogP contribution in [0, 0.1) is 0 Å². The van der Waals surface area contributed by atoms with E-state index in [0.717, 1.165) is 6.20 Å². The summed E-state index contributed by atoms with van der Waals surface area (Å²) < 4.78 is 35.5. The van der Waals surface area contributed by atoms with Gasteiger partial charge in [-0.2, -0.15) is 13.2 Å². The van der Waals surface area contributed by atoms with E-state index in [1.165, 1.54) is 0 Å². The number of anilines is 2. The number of alkyl halides is 3. The molecule has 13 heavy (non-hydrogen) atoms. The molecule has 0 spiro atoms. The van der Waals surface area contributed by atoms with Crippen LogP contribution in [0.5, 0.6) is 0 Å². The Morgan fingerprint density at radius 2 is 1.92 bits per heavy atom. The minimum absolute atomic E-state index is 0.0749. The molecule has 0 aromatic carbocycles. The van der Waals surface area contributed by atoms with Gasteiger partial charge in [0.25, 0.3) is 0 Å². The van der Waals surface area contributed by atoms with Crippen molar-refractivity contribution in [2.24, 2.45) is 0 Å². The number of nitrogens with zero attached hydrogens (tertiary/aromatic N) is 2. The van der Waals surface area contributed by atoms with Crippen LogP contribution in [-0.2, 0) is 6.42 Å². The minimum atomic E-state index is -4.33. The second-order valence-electron chi connectivity index (χ2n) is 2.42. The van der Waals surface area contributed by atoms with Crippen LogP contribution in [0.2, 0.25) is 0 Å². The largest absolute Gasteiger partial charge is 0.396 e. The highest BCUT2D eigenvalue weighted by molar-refractivity contribution is 5.55. The second kappa shape index (κ2) is 3.08. The van der Waals surface area contributed by atoms with Gasteiger partial charge in [0.15, 0.2) is 0 Å². The number of aromatic nitrogens is 2. The van der Waals surface area contributed by atoms with Crippen LogP contribution in [0.3, 0.4) is 0 Å². The molecule has 0 aliphatic rings. The summed E-state index contributed by atoms with van der Waals surface area (Å²) >= 11 is 0. The Labute approximate surface area is 71.8 Å². The molecule has 0 atom stereocenters. The number of rotatable bonds is 1. The molecule has 72 valence electrons. The van der Waals surface area contributed by atoms with E-state index in [9.17, 15) is 13.2 Å². The van der Waals surface area contributed by atoms with Gasteiger partial charge in [0.1, 0.15) is 18.1 Å². The fourth-order valence-electron chi connectivity index (χ4n) is 0.707. The molecule has 0 fully saturated rings. The van der Waals surface area contributed by atoms with Gasteiger partial charge in [-0.3, -0.25) is 0 Å². The van der Waals surface area contributed by atoms with Crippen LogP contribution >= 0.6 is 0 Å². The van der Waals surface area contributed by atoms with Crippen LogP contribution in [0.1, 0.15) is 5.82 Å². The van der Waals surface area contributed by atoms with E-state index in [4.69, 9.17) is 11.5 Å². The van der Waals surface area contributed by atoms with E-state index in [0.29, 0.717) is 0 Å². The molecule has 0 saturated heterocycles. The van der Waals surface area contributed by atoms with Crippen LogP contribution in [-0.4, -0.2) is 16.1 Å². The van der Waals surface area contributed by atoms with E-state index in [1.807, 2.05) is 0 Å². The Kier molecular flexibility index (Phi) is 2.26. The second-order valence-corrected chi connectivity index (χ2v) is 2.42. The summed E-state index contributed by atoms with van der Waals surface area (Å²) in [7, 11) is 0. The molecule has 0 unspecified atom stereocenters. The van der Waals surface area contributed by atoms with Gasteiger partial charge in [0.2, 0.25) is 0 Å². The summed E-state index contributed by atoms with van der Waals surface area (Å²) in [6, 6.07) is 0. The summed E-state index contributed by atoms with van der Waals surface area (Å²) in [5.41, 5.74) is 10.5. The van der Waals surface area contributed by atoms with Gasteiger partial charge < -0.3 is 11.5 Å². The summed E-state index contributed by atoms with van der Waals surface area (Å²) in [5, 5.41) is 0. The van der Waals surface area contributed by atoms with Crippen molar-refractivity contribution in [2.45, 2.75) is 12.6 Å². The van der Waals surface area contributed by atoms with Gasteiger partial charge in [0, 0.05) is 0 Å². The molecular weight excluding hydrogens is 185 g/mol. The molecule has 4 N–H and O–H groups in total. The van der Waals surface area contributed by atoms with Crippen LogP contribution in [0.4, 0.5) is 24.7 Å². The van der Waals surface area contributed by atoms with Gasteiger partial charge >= 0.3 is 6.18 Å². The van der Waals surface area contributed by atoms with Gasteiger partial charge in [-0.15, -0.1) is 0 Å². The molecule has 0 aliphatic carbocycles. The van der Waals surface area contributed by atoms with E-state index in [-0.39, 0.29) is 17.3 Å². The first-order valence-corrected chi connectivity index (χ1v) is 3.32. The highest BCUT2D eigenvalue weighted by Gasteiger charge is 2.29. The third kappa shape index (κ3) is 2.77. The molecule has 7 heteroatoms. The van der Waals surface area contributed by atoms with E-state index in [2.05, 4.69) is 9.97 Å². The number of nitrogen functional groups attached to an aromatic ring is 2. The standard InChI is InChI=1S/C6H7F3N4/c7-6(8,9)1-4-12-2-3(10)5(11)13-4/h2H,1,10H2,(H2,11,12,13). The normalized spacial score (nSPS) is 11.6. The molecule has 0 bridgehead atoms.